The predicted molar refractivity (Wildman–Crippen MR) is 87.0 cm³/mol. The topological polar surface area (TPSA) is 64.0 Å². The first-order valence-corrected chi connectivity index (χ1v) is 8.76. The summed E-state index contributed by atoms with van der Waals surface area (Å²) >= 11 is 0. The largest absolute Gasteiger partial charge is 0.354 e. The number of aryl methyl sites for hydroxylation is 2. The van der Waals surface area contributed by atoms with Crippen molar-refractivity contribution in [3.63, 3.8) is 0 Å². The van der Waals surface area contributed by atoms with Crippen LogP contribution in [0.4, 0.5) is 0 Å². The first-order valence-electron chi connectivity index (χ1n) is 8.76. The zero-order chi connectivity index (χ0) is 15.8. The van der Waals surface area contributed by atoms with E-state index in [1.54, 1.807) is 6.07 Å². The van der Waals surface area contributed by atoms with Crippen LogP contribution in [0.15, 0.2) is 23.0 Å². The second kappa shape index (κ2) is 5.95. The summed E-state index contributed by atoms with van der Waals surface area (Å²) in [6, 6.07) is 1.73. The molecule has 3 aliphatic rings. The summed E-state index contributed by atoms with van der Waals surface area (Å²) in [7, 11) is 0. The summed E-state index contributed by atoms with van der Waals surface area (Å²) in [6.45, 7) is 0.927. The summed E-state index contributed by atoms with van der Waals surface area (Å²) in [5, 5.41) is 7.48. The van der Waals surface area contributed by atoms with Gasteiger partial charge in [0.1, 0.15) is 0 Å². The molecule has 1 amide bonds. The number of hydrogen-bond donors (Lipinski definition) is 1. The molecule has 5 nitrogen and oxygen atoms in total. The van der Waals surface area contributed by atoms with Crippen LogP contribution in [0.3, 0.4) is 0 Å². The third-order valence-corrected chi connectivity index (χ3v) is 5.51. The van der Waals surface area contributed by atoms with Crippen LogP contribution in [0.1, 0.15) is 36.9 Å². The van der Waals surface area contributed by atoms with Crippen LogP contribution in [-0.4, -0.2) is 22.2 Å². The van der Waals surface area contributed by atoms with Gasteiger partial charge in [0.05, 0.1) is 12.2 Å². The van der Waals surface area contributed by atoms with Gasteiger partial charge in [-0.1, -0.05) is 12.2 Å². The average Bonchev–Trinajstić information content (AvgIpc) is 3.18. The van der Waals surface area contributed by atoms with Crippen LogP contribution in [-0.2, 0) is 24.2 Å². The number of allylic oxidation sites excluding steroid dienone is 2. The van der Waals surface area contributed by atoms with Crippen molar-refractivity contribution in [3.8, 4) is 0 Å². The minimum atomic E-state index is -0.0530. The minimum absolute atomic E-state index is 0.0530. The maximum atomic E-state index is 12.3. The molecule has 3 unspecified atom stereocenters. The SMILES string of the molecule is O=C(NCCn1nc2c(cc1=O)CCCC2)C1CC2C=CC1C2. The lowest BCUT2D eigenvalue weighted by molar-refractivity contribution is -0.125. The van der Waals surface area contributed by atoms with Crippen LogP contribution >= 0.6 is 0 Å². The van der Waals surface area contributed by atoms with Crippen molar-refractivity contribution in [3.05, 3.63) is 39.8 Å². The molecule has 0 aromatic carbocycles. The van der Waals surface area contributed by atoms with Crippen molar-refractivity contribution in [2.45, 2.75) is 45.1 Å². The number of aromatic nitrogens is 2. The lowest BCUT2D eigenvalue weighted by Gasteiger charge is -2.18. The van der Waals surface area contributed by atoms with Gasteiger partial charge in [0.2, 0.25) is 5.91 Å². The van der Waals surface area contributed by atoms with Gasteiger partial charge < -0.3 is 5.32 Å². The molecule has 1 saturated carbocycles. The Morgan fingerprint density at radius 1 is 1.26 bits per heavy atom. The van der Waals surface area contributed by atoms with Crippen molar-refractivity contribution in [2.75, 3.05) is 6.54 Å². The van der Waals surface area contributed by atoms with Crippen LogP contribution < -0.4 is 10.9 Å². The highest BCUT2D eigenvalue weighted by molar-refractivity contribution is 5.79. The monoisotopic (exact) mass is 313 g/mol. The molecule has 0 spiro atoms. The number of amides is 1. The van der Waals surface area contributed by atoms with Crippen molar-refractivity contribution >= 4 is 5.91 Å². The number of fused-ring (bicyclic) bond motifs is 3. The van der Waals surface area contributed by atoms with Gasteiger partial charge in [0.25, 0.3) is 5.56 Å². The summed E-state index contributed by atoms with van der Waals surface area (Å²) in [4.78, 5) is 24.4. The van der Waals surface area contributed by atoms with Gasteiger partial charge in [0, 0.05) is 18.5 Å². The van der Waals surface area contributed by atoms with Gasteiger partial charge in [0.15, 0.2) is 0 Å². The number of carbonyl (C=O) groups is 1. The maximum Gasteiger partial charge on any atom is 0.267 e. The van der Waals surface area contributed by atoms with Gasteiger partial charge >= 0.3 is 0 Å². The Hall–Kier alpha value is -1.91. The molecule has 1 heterocycles. The molecule has 3 atom stereocenters. The van der Waals surface area contributed by atoms with Crippen molar-refractivity contribution in [2.24, 2.45) is 17.8 Å². The van der Waals surface area contributed by atoms with E-state index in [-0.39, 0.29) is 17.4 Å². The quantitative estimate of drug-likeness (QED) is 0.856. The fraction of sp³-hybridized carbons (Fsp3) is 0.611. The van der Waals surface area contributed by atoms with Crippen LogP contribution in [0.2, 0.25) is 0 Å². The molecule has 1 N–H and O–H groups in total. The Balaban J connectivity index is 1.35. The molecular weight excluding hydrogens is 290 g/mol. The van der Waals surface area contributed by atoms with E-state index in [0.29, 0.717) is 24.9 Å². The molecule has 3 aliphatic carbocycles. The number of carbonyl (C=O) groups excluding carboxylic acids is 1. The van der Waals surface area contributed by atoms with Crippen molar-refractivity contribution in [1.82, 2.24) is 15.1 Å². The Morgan fingerprint density at radius 2 is 2.13 bits per heavy atom. The molecule has 5 heteroatoms. The van der Waals surface area contributed by atoms with E-state index in [1.165, 1.54) is 4.68 Å². The first-order chi connectivity index (χ1) is 11.2. The highest BCUT2D eigenvalue weighted by Gasteiger charge is 2.39. The van der Waals surface area contributed by atoms with Gasteiger partial charge in [-0.2, -0.15) is 5.10 Å². The number of nitrogens with one attached hydrogen (secondary N) is 1. The molecule has 4 rings (SSSR count). The Labute approximate surface area is 135 Å². The van der Waals surface area contributed by atoms with Crippen LogP contribution in [0.5, 0.6) is 0 Å². The molecule has 0 radical (unpaired) electrons. The Bertz CT molecular complexity index is 707. The van der Waals surface area contributed by atoms with E-state index in [9.17, 15) is 9.59 Å². The van der Waals surface area contributed by atoms with Gasteiger partial charge in [-0.15, -0.1) is 0 Å². The third-order valence-electron chi connectivity index (χ3n) is 5.51. The van der Waals surface area contributed by atoms with Gasteiger partial charge in [-0.25, -0.2) is 4.68 Å². The van der Waals surface area contributed by atoms with E-state index in [2.05, 4.69) is 22.6 Å². The molecule has 1 aromatic rings. The van der Waals surface area contributed by atoms with Gasteiger partial charge in [-0.05, 0) is 55.9 Å². The van der Waals surface area contributed by atoms with Crippen LogP contribution in [0, 0.1) is 17.8 Å². The molecule has 2 bridgehead atoms. The third kappa shape index (κ3) is 2.84. The number of rotatable bonds is 4. The number of hydrogen-bond acceptors (Lipinski definition) is 3. The van der Waals surface area contributed by atoms with Gasteiger partial charge in [-0.3, -0.25) is 9.59 Å². The molecular formula is C18H23N3O2. The van der Waals surface area contributed by atoms with E-state index >= 15 is 0 Å². The fourth-order valence-corrected chi connectivity index (χ4v) is 4.26. The minimum Gasteiger partial charge on any atom is -0.354 e. The molecule has 0 saturated heterocycles. The molecule has 23 heavy (non-hydrogen) atoms. The highest BCUT2D eigenvalue weighted by Crippen LogP contribution is 2.43. The maximum absolute atomic E-state index is 12.3. The number of nitrogens with zero attached hydrogens (tertiary/aromatic N) is 2. The summed E-state index contributed by atoms with van der Waals surface area (Å²) in [5.74, 6) is 1.27. The molecule has 122 valence electrons. The summed E-state index contributed by atoms with van der Waals surface area (Å²) in [5.41, 5.74) is 2.11. The van der Waals surface area contributed by atoms with Crippen molar-refractivity contribution < 1.29 is 4.79 Å². The van der Waals surface area contributed by atoms with E-state index in [4.69, 9.17) is 0 Å². The van der Waals surface area contributed by atoms with E-state index in [0.717, 1.165) is 49.8 Å². The van der Waals surface area contributed by atoms with Crippen LogP contribution in [0.25, 0.3) is 0 Å². The molecule has 1 aromatic heterocycles. The Kier molecular flexibility index (Phi) is 3.79. The normalized spacial score (nSPS) is 27.9. The Morgan fingerprint density at radius 3 is 2.91 bits per heavy atom. The highest BCUT2D eigenvalue weighted by atomic mass is 16.2. The lowest BCUT2D eigenvalue weighted by Crippen LogP contribution is -2.37. The zero-order valence-corrected chi connectivity index (χ0v) is 13.3. The first kappa shape index (κ1) is 14.7. The second-order valence-corrected chi connectivity index (χ2v) is 7.06. The summed E-state index contributed by atoms with van der Waals surface area (Å²) < 4.78 is 1.51. The second-order valence-electron chi connectivity index (χ2n) is 7.06. The average molecular weight is 313 g/mol. The standard InChI is InChI=1S/C18H23N3O2/c22-17-11-14-3-1-2-4-16(14)20-21(17)8-7-19-18(23)15-10-12-5-6-13(15)9-12/h5-6,11-13,15H,1-4,7-10H2,(H,19,23). The molecule has 1 fully saturated rings. The smallest absolute Gasteiger partial charge is 0.267 e. The predicted octanol–water partition coefficient (Wildman–Crippen LogP) is 1.45. The summed E-state index contributed by atoms with van der Waals surface area (Å²) in [6.07, 6.45) is 10.7. The lowest BCUT2D eigenvalue weighted by atomic mass is 9.93. The molecule has 0 aliphatic heterocycles. The zero-order valence-electron chi connectivity index (χ0n) is 13.3. The van der Waals surface area contributed by atoms with E-state index in [1.807, 2.05) is 0 Å². The van der Waals surface area contributed by atoms with E-state index < -0.39 is 0 Å². The van der Waals surface area contributed by atoms with Crippen molar-refractivity contribution in [1.29, 1.82) is 0 Å². The fourth-order valence-electron chi connectivity index (χ4n) is 4.26.